The first-order chi connectivity index (χ1) is 18.1. The smallest absolute Gasteiger partial charge is 0.416 e. The number of aliphatic carboxylic acids is 1. The van der Waals surface area contributed by atoms with Gasteiger partial charge in [-0.25, -0.2) is 9.37 Å². The number of anilines is 1. The quantitative estimate of drug-likeness (QED) is 0.407. The van der Waals surface area contributed by atoms with Gasteiger partial charge >= 0.3 is 12.1 Å². The van der Waals surface area contributed by atoms with Gasteiger partial charge in [0.15, 0.2) is 0 Å². The first-order valence-electron chi connectivity index (χ1n) is 12.9. The van der Waals surface area contributed by atoms with E-state index in [0.29, 0.717) is 25.1 Å². The van der Waals surface area contributed by atoms with E-state index < -0.39 is 47.8 Å². The van der Waals surface area contributed by atoms with E-state index in [2.05, 4.69) is 27.7 Å². The van der Waals surface area contributed by atoms with Gasteiger partial charge in [-0.1, -0.05) is 6.07 Å². The molecule has 0 aliphatic carbocycles. The zero-order valence-electron chi connectivity index (χ0n) is 21.0. The lowest BCUT2D eigenvalue weighted by Gasteiger charge is -2.33. The van der Waals surface area contributed by atoms with Gasteiger partial charge in [-0.2, -0.15) is 13.2 Å². The number of carbonyl (C=O) groups excluding carboxylic acids is 1. The monoisotopic (exact) mass is 536 g/mol. The molecule has 1 aromatic carbocycles. The van der Waals surface area contributed by atoms with Crippen LogP contribution in [0, 0.1) is 11.7 Å². The average molecular weight is 537 g/mol. The highest BCUT2D eigenvalue weighted by Gasteiger charge is 2.33. The number of fused-ring (bicyclic) bond motifs is 1. The number of piperidine rings is 1. The van der Waals surface area contributed by atoms with Crippen molar-refractivity contribution in [2.75, 3.05) is 31.5 Å². The van der Waals surface area contributed by atoms with Crippen LogP contribution in [0.3, 0.4) is 0 Å². The highest BCUT2D eigenvalue weighted by molar-refractivity contribution is 5.80. The Hall–Kier alpha value is -3.21. The number of halogens is 4. The van der Waals surface area contributed by atoms with Gasteiger partial charge in [0.2, 0.25) is 5.91 Å². The molecule has 1 fully saturated rings. The number of nitrogens with zero attached hydrogens (tertiary/aromatic N) is 2. The van der Waals surface area contributed by atoms with E-state index in [1.807, 2.05) is 0 Å². The summed E-state index contributed by atoms with van der Waals surface area (Å²) < 4.78 is 53.5. The molecule has 2 aromatic rings. The second kappa shape index (κ2) is 12.1. The Balaban J connectivity index is 1.35. The van der Waals surface area contributed by atoms with Crippen LogP contribution in [0.15, 0.2) is 30.3 Å². The van der Waals surface area contributed by atoms with Crippen molar-refractivity contribution in [2.45, 2.75) is 57.2 Å². The number of carbonyl (C=O) groups is 2. The van der Waals surface area contributed by atoms with E-state index in [1.54, 1.807) is 0 Å². The number of aromatic nitrogens is 1. The molecule has 2 atom stereocenters. The SMILES string of the molecule is O=C(O)C[C@@H](NC(=O)[C@@H]1CCCN(CCCc2ccc3c(n2)NCCC3)C1)c1cc(F)cc(C(F)(F)F)c1. The molecule has 0 saturated carbocycles. The maximum atomic E-state index is 13.9. The molecule has 1 saturated heterocycles. The predicted molar refractivity (Wildman–Crippen MR) is 133 cm³/mol. The molecule has 7 nitrogen and oxygen atoms in total. The Bertz CT molecular complexity index is 1160. The van der Waals surface area contributed by atoms with E-state index in [1.165, 1.54) is 5.56 Å². The number of hydrogen-bond acceptors (Lipinski definition) is 5. The highest BCUT2D eigenvalue weighted by atomic mass is 19.4. The van der Waals surface area contributed by atoms with Crippen LogP contribution in [0.4, 0.5) is 23.4 Å². The van der Waals surface area contributed by atoms with Crippen molar-refractivity contribution in [1.82, 2.24) is 15.2 Å². The number of carboxylic acids is 1. The van der Waals surface area contributed by atoms with Crippen molar-refractivity contribution in [3.8, 4) is 0 Å². The normalized spacial score (nSPS) is 18.8. The minimum absolute atomic E-state index is 0.229. The standard InChI is InChI=1S/C27H32F4N4O3/c28-21-13-19(12-20(14-21)27(29,30)31)23(15-24(36)37)34-26(38)18-5-2-10-35(16-18)11-3-6-22-8-7-17-4-1-9-32-25(17)33-22/h7-8,12-14,18,23H,1-6,9-11,15-16H2,(H,32,33)(H,34,38)(H,36,37)/t18-,23-/m1/s1. The fourth-order valence-corrected chi connectivity index (χ4v) is 5.16. The molecule has 38 heavy (non-hydrogen) atoms. The number of rotatable bonds is 9. The second-order valence-electron chi connectivity index (χ2n) is 10.0. The predicted octanol–water partition coefficient (Wildman–Crippen LogP) is 4.57. The number of hydrogen-bond donors (Lipinski definition) is 3. The summed E-state index contributed by atoms with van der Waals surface area (Å²) in [6.45, 7) is 2.96. The third-order valence-electron chi connectivity index (χ3n) is 7.08. The Labute approximate surface area is 218 Å². The molecule has 4 rings (SSSR count). The molecule has 0 radical (unpaired) electrons. The van der Waals surface area contributed by atoms with E-state index in [-0.39, 0.29) is 5.56 Å². The summed E-state index contributed by atoms with van der Waals surface area (Å²) in [4.78, 5) is 31.3. The molecular formula is C27H32F4N4O3. The van der Waals surface area contributed by atoms with Gasteiger partial charge < -0.3 is 20.6 Å². The Kier molecular flexibility index (Phi) is 8.86. The summed E-state index contributed by atoms with van der Waals surface area (Å²) in [6.07, 6.45) is -0.336. The fraction of sp³-hybridized carbons (Fsp3) is 0.519. The van der Waals surface area contributed by atoms with Gasteiger partial charge in [0.25, 0.3) is 0 Å². The van der Waals surface area contributed by atoms with Crippen LogP contribution in [0.5, 0.6) is 0 Å². The topological polar surface area (TPSA) is 94.6 Å². The molecule has 2 aliphatic heterocycles. The molecule has 3 N–H and O–H groups in total. The van der Waals surface area contributed by atoms with Crippen molar-refractivity contribution in [3.63, 3.8) is 0 Å². The van der Waals surface area contributed by atoms with E-state index in [0.717, 1.165) is 69.3 Å². The average Bonchev–Trinajstić information content (AvgIpc) is 2.87. The number of benzene rings is 1. The number of pyridine rings is 1. The number of likely N-dealkylation sites (tertiary alicyclic amines) is 1. The van der Waals surface area contributed by atoms with Crippen LogP contribution >= 0.6 is 0 Å². The first kappa shape index (κ1) is 27.8. The van der Waals surface area contributed by atoms with Crippen LogP contribution in [0.1, 0.15) is 60.5 Å². The molecule has 11 heteroatoms. The van der Waals surface area contributed by atoms with Crippen LogP contribution in [-0.4, -0.2) is 53.0 Å². The minimum atomic E-state index is -4.80. The molecule has 206 valence electrons. The number of nitrogens with one attached hydrogen (secondary N) is 2. The maximum Gasteiger partial charge on any atom is 0.416 e. The second-order valence-corrected chi connectivity index (χ2v) is 10.0. The lowest BCUT2D eigenvalue weighted by atomic mass is 9.95. The first-order valence-corrected chi connectivity index (χ1v) is 12.9. The van der Waals surface area contributed by atoms with E-state index in [4.69, 9.17) is 4.98 Å². The molecule has 0 unspecified atom stereocenters. The molecule has 0 bridgehead atoms. The number of alkyl halides is 3. The summed E-state index contributed by atoms with van der Waals surface area (Å²) in [5, 5.41) is 15.2. The van der Waals surface area contributed by atoms with Crippen molar-refractivity contribution in [2.24, 2.45) is 5.92 Å². The zero-order chi connectivity index (χ0) is 27.3. The summed E-state index contributed by atoms with van der Waals surface area (Å²) in [5.74, 6) is -2.39. The number of carboxylic acid groups (broad SMARTS) is 1. The van der Waals surface area contributed by atoms with Gasteiger partial charge in [-0.3, -0.25) is 9.59 Å². The summed E-state index contributed by atoms with van der Waals surface area (Å²) >= 11 is 0. The highest BCUT2D eigenvalue weighted by Crippen LogP contribution is 2.32. The Morgan fingerprint density at radius 1 is 1.21 bits per heavy atom. The lowest BCUT2D eigenvalue weighted by Crippen LogP contribution is -2.44. The third-order valence-corrected chi connectivity index (χ3v) is 7.08. The van der Waals surface area contributed by atoms with E-state index >= 15 is 0 Å². The Morgan fingerprint density at radius 2 is 2.03 bits per heavy atom. The molecular weight excluding hydrogens is 504 g/mol. The lowest BCUT2D eigenvalue weighted by molar-refractivity contribution is -0.138. The Morgan fingerprint density at radius 3 is 2.79 bits per heavy atom. The molecule has 1 aromatic heterocycles. The van der Waals surface area contributed by atoms with Gasteiger partial charge in [-0.05, 0) is 87.0 Å². The van der Waals surface area contributed by atoms with Crippen molar-refractivity contribution < 1.29 is 32.3 Å². The van der Waals surface area contributed by atoms with Crippen molar-refractivity contribution in [3.05, 3.63) is 58.5 Å². The molecule has 2 aliphatic rings. The largest absolute Gasteiger partial charge is 0.481 e. The van der Waals surface area contributed by atoms with Crippen LogP contribution in [-0.2, 0) is 28.6 Å². The molecule has 3 heterocycles. The third kappa shape index (κ3) is 7.43. The van der Waals surface area contributed by atoms with Gasteiger partial charge in [0.05, 0.1) is 23.9 Å². The fourth-order valence-electron chi connectivity index (χ4n) is 5.16. The molecule has 1 amide bonds. The van der Waals surface area contributed by atoms with Crippen molar-refractivity contribution >= 4 is 17.7 Å². The molecule has 0 spiro atoms. The number of amides is 1. The summed E-state index contributed by atoms with van der Waals surface area (Å²) in [7, 11) is 0. The van der Waals surface area contributed by atoms with Crippen LogP contribution < -0.4 is 10.6 Å². The zero-order valence-corrected chi connectivity index (χ0v) is 21.0. The minimum Gasteiger partial charge on any atom is -0.481 e. The van der Waals surface area contributed by atoms with Crippen molar-refractivity contribution in [1.29, 1.82) is 0 Å². The van der Waals surface area contributed by atoms with Gasteiger partial charge in [0, 0.05) is 18.8 Å². The van der Waals surface area contributed by atoms with Crippen LogP contribution in [0.2, 0.25) is 0 Å². The van der Waals surface area contributed by atoms with E-state index in [9.17, 15) is 32.3 Å². The van der Waals surface area contributed by atoms with Gasteiger partial charge in [-0.15, -0.1) is 0 Å². The van der Waals surface area contributed by atoms with Gasteiger partial charge in [0.1, 0.15) is 11.6 Å². The maximum absolute atomic E-state index is 13.9. The summed E-state index contributed by atoms with van der Waals surface area (Å²) in [5.41, 5.74) is 0.784. The summed E-state index contributed by atoms with van der Waals surface area (Å²) in [6, 6.07) is 4.76. The number of aryl methyl sites for hydroxylation is 2. The van der Waals surface area contributed by atoms with Crippen LogP contribution in [0.25, 0.3) is 0 Å².